The molecular weight excluding hydrogens is 677 g/mol. The molecular formula is C33H36BrF3N8O2. The molecule has 0 aliphatic carbocycles. The first-order valence-electron chi connectivity index (χ1n) is 15.5. The van der Waals surface area contributed by atoms with E-state index >= 15 is 0 Å². The number of amides is 1. The molecule has 1 aromatic carbocycles. The van der Waals surface area contributed by atoms with E-state index in [2.05, 4.69) is 44.7 Å². The number of benzene rings is 1. The van der Waals surface area contributed by atoms with Crippen LogP contribution in [-0.4, -0.2) is 78.3 Å². The number of pyridine rings is 1. The van der Waals surface area contributed by atoms with Crippen molar-refractivity contribution in [2.75, 3.05) is 31.1 Å². The minimum Gasteiger partial charge on any atom is -0.354 e. The van der Waals surface area contributed by atoms with Crippen molar-refractivity contribution >= 4 is 27.7 Å². The molecule has 47 heavy (non-hydrogen) atoms. The molecule has 1 atom stereocenters. The van der Waals surface area contributed by atoms with E-state index in [1.54, 1.807) is 17.8 Å². The number of carbonyl (C=O) groups is 1. The summed E-state index contributed by atoms with van der Waals surface area (Å²) in [4.78, 5) is 43.7. The van der Waals surface area contributed by atoms with Crippen molar-refractivity contribution < 1.29 is 18.0 Å². The molecule has 0 spiro atoms. The second-order valence-electron chi connectivity index (χ2n) is 12.5. The Morgan fingerprint density at radius 2 is 1.77 bits per heavy atom. The molecule has 0 bridgehead atoms. The predicted octanol–water partition coefficient (Wildman–Crippen LogP) is 5.33. The summed E-state index contributed by atoms with van der Waals surface area (Å²) in [5.74, 6) is 0.492. The van der Waals surface area contributed by atoms with Crippen molar-refractivity contribution in [3.63, 3.8) is 0 Å². The fourth-order valence-corrected chi connectivity index (χ4v) is 6.80. The van der Waals surface area contributed by atoms with E-state index in [0.29, 0.717) is 23.0 Å². The van der Waals surface area contributed by atoms with Gasteiger partial charge < -0.3 is 9.80 Å². The van der Waals surface area contributed by atoms with Crippen molar-refractivity contribution in [1.82, 2.24) is 34.1 Å². The lowest BCUT2D eigenvalue weighted by Gasteiger charge is -2.37. The number of halogens is 4. The number of hydrogen-bond acceptors (Lipinski definition) is 7. The highest BCUT2D eigenvalue weighted by Gasteiger charge is 2.36. The van der Waals surface area contributed by atoms with E-state index in [1.807, 2.05) is 32.0 Å². The second kappa shape index (κ2) is 12.5. The largest absolute Gasteiger partial charge is 0.417 e. The standard InChI is InChI=1S/C33H36BrF3N8O2/c1-19(2)41-10-12-42(13-11-41)29-9-7-24(17-38-29)44-31(47)25-15-21(4)43(18-28(25)39-32(44)45-22(5)14-20(3)40-45)30(46)23-6-8-27(34)26(16-23)33(35,36)37/h6-9,14,16-17,19,21H,10-13,15,18H2,1-5H3/t21-/m1/s1. The van der Waals surface area contributed by atoms with Crippen LogP contribution in [0.25, 0.3) is 11.6 Å². The van der Waals surface area contributed by atoms with E-state index < -0.39 is 23.7 Å². The first-order chi connectivity index (χ1) is 22.2. The van der Waals surface area contributed by atoms with Gasteiger partial charge in [-0.3, -0.25) is 14.5 Å². The molecule has 0 saturated carbocycles. The maximum Gasteiger partial charge on any atom is 0.417 e. The Morgan fingerprint density at radius 1 is 1.04 bits per heavy atom. The number of alkyl halides is 3. The first-order valence-corrected chi connectivity index (χ1v) is 16.3. The quantitative estimate of drug-likeness (QED) is 0.276. The lowest BCUT2D eigenvalue weighted by molar-refractivity contribution is -0.138. The number of nitrogens with zero attached hydrogens (tertiary/aromatic N) is 8. The van der Waals surface area contributed by atoms with Crippen LogP contribution in [0.1, 0.15) is 59.3 Å². The van der Waals surface area contributed by atoms with Crippen molar-refractivity contribution in [2.45, 2.75) is 65.8 Å². The van der Waals surface area contributed by atoms with Crippen LogP contribution >= 0.6 is 15.9 Å². The minimum absolute atomic E-state index is 0.0470. The van der Waals surface area contributed by atoms with E-state index in [9.17, 15) is 22.8 Å². The SMILES string of the molecule is Cc1cc(C)n(-c2nc3c(c(=O)n2-c2ccc(N4CCN(C(C)C)CC4)nc2)C[C@@H](C)N(C(=O)c2ccc(Br)c(C(F)(F)F)c2)C3)n1. The summed E-state index contributed by atoms with van der Waals surface area (Å²) in [6, 6.07) is 9.09. The molecule has 5 heterocycles. The smallest absolute Gasteiger partial charge is 0.354 e. The zero-order valence-electron chi connectivity index (χ0n) is 26.8. The van der Waals surface area contributed by atoms with Gasteiger partial charge >= 0.3 is 6.18 Å². The lowest BCUT2D eigenvalue weighted by Crippen LogP contribution is -2.49. The van der Waals surface area contributed by atoms with Crippen LogP contribution in [0, 0.1) is 13.8 Å². The predicted molar refractivity (Wildman–Crippen MR) is 175 cm³/mol. The monoisotopic (exact) mass is 712 g/mol. The summed E-state index contributed by atoms with van der Waals surface area (Å²) in [5, 5.41) is 4.60. The molecule has 1 amide bonds. The van der Waals surface area contributed by atoms with E-state index in [0.717, 1.165) is 49.5 Å². The van der Waals surface area contributed by atoms with Gasteiger partial charge in [0.05, 0.1) is 35.4 Å². The average Bonchev–Trinajstić information content (AvgIpc) is 3.37. The molecule has 2 aliphatic rings. The third-order valence-electron chi connectivity index (χ3n) is 8.93. The Labute approximate surface area is 279 Å². The van der Waals surface area contributed by atoms with E-state index in [-0.39, 0.29) is 34.5 Å². The van der Waals surface area contributed by atoms with Gasteiger partial charge in [0, 0.05) is 59.6 Å². The van der Waals surface area contributed by atoms with Crippen molar-refractivity contribution in [3.8, 4) is 11.6 Å². The van der Waals surface area contributed by atoms with E-state index in [4.69, 9.17) is 9.97 Å². The summed E-state index contributed by atoms with van der Waals surface area (Å²) in [5.41, 5.74) is 1.49. The lowest BCUT2D eigenvalue weighted by atomic mass is 9.98. The summed E-state index contributed by atoms with van der Waals surface area (Å²) >= 11 is 2.94. The number of rotatable bonds is 5. The third-order valence-corrected chi connectivity index (χ3v) is 9.63. The van der Waals surface area contributed by atoms with Gasteiger partial charge in [-0.05, 0) is 77.4 Å². The number of aryl methyl sites for hydroxylation is 2. The molecule has 2 aliphatic heterocycles. The summed E-state index contributed by atoms with van der Waals surface area (Å²) in [7, 11) is 0. The van der Waals surface area contributed by atoms with Gasteiger partial charge in [0.25, 0.3) is 11.5 Å². The van der Waals surface area contributed by atoms with Crippen molar-refractivity contribution in [3.05, 3.63) is 91.2 Å². The molecule has 0 N–H and O–H groups in total. The van der Waals surface area contributed by atoms with Crippen LogP contribution in [0.4, 0.5) is 19.0 Å². The molecule has 1 saturated heterocycles. The number of hydrogen-bond donors (Lipinski definition) is 0. The number of piperazine rings is 1. The molecule has 10 nitrogen and oxygen atoms in total. The van der Waals surface area contributed by atoms with Gasteiger partial charge in [-0.1, -0.05) is 15.9 Å². The van der Waals surface area contributed by atoms with Gasteiger partial charge in [-0.25, -0.2) is 19.2 Å². The fourth-order valence-electron chi connectivity index (χ4n) is 6.33. The Bertz CT molecular complexity index is 1880. The van der Waals surface area contributed by atoms with E-state index in [1.165, 1.54) is 21.6 Å². The Morgan fingerprint density at radius 3 is 2.36 bits per heavy atom. The van der Waals surface area contributed by atoms with Crippen LogP contribution in [0.15, 0.2) is 51.9 Å². The highest BCUT2D eigenvalue weighted by molar-refractivity contribution is 9.10. The molecule has 1 fully saturated rings. The van der Waals surface area contributed by atoms with Gasteiger partial charge in [0.2, 0.25) is 5.95 Å². The van der Waals surface area contributed by atoms with Crippen LogP contribution in [0.2, 0.25) is 0 Å². The molecule has 0 unspecified atom stereocenters. The summed E-state index contributed by atoms with van der Waals surface area (Å²) in [6.45, 7) is 13.4. The second-order valence-corrected chi connectivity index (χ2v) is 13.3. The summed E-state index contributed by atoms with van der Waals surface area (Å²) in [6.07, 6.45) is -2.78. The third kappa shape index (κ3) is 6.32. The normalized spacial score (nSPS) is 17.4. The molecule has 0 radical (unpaired) electrons. The minimum atomic E-state index is -4.63. The highest BCUT2D eigenvalue weighted by atomic mass is 79.9. The van der Waals surface area contributed by atoms with Gasteiger partial charge in [-0.15, -0.1) is 0 Å². The highest BCUT2D eigenvalue weighted by Crippen LogP contribution is 2.36. The molecule has 248 valence electrons. The number of aromatic nitrogens is 5. The van der Waals surface area contributed by atoms with Gasteiger partial charge in [0.15, 0.2) is 0 Å². The first kappa shape index (κ1) is 32.9. The van der Waals surface area contributed by atoms with Gasteiger partial charge in [-0.2, -0.15) is 18.3 Å². The summed E-state index contributed by atoms with van der Waals surface area (Å²) < 4.78 is 43.8. The van der Waals surface area contributed by atoms with Crippen molar-refractivity contribution in [2.24, 2.45) is 0 Å². The average molecular weight is 714 g/mol. The number of fused-ring (bicyclic) bond motifs is 1. The van der Waals surface area contributed by atoms with Crippen molar-refractivity contribution in [1.29, 1.82) is 0 Å². The topological polar surface area (TPSA) is 92.4 Å². The zero-order valence-corrected chi connectivity index (χ0v) is 28.4. The molecule has 4 aromatic rings. The molecule has 6 rings (SSSR count). The van der Waals surface area contributed by atoms with Gasteiger partial charge in [0.1, 0.15) is 5.82 Å². The van der Waals surface area contributed by atoms with Crippen LogP contribution < -0.4 is 10.5 Å². The Hall–Kier alpha value is -4.04. The fraction of sp³-hybridized carbons (Fsp3) is 0.424. The number of carbonyl (C=O) groups excluding carboxylic acids is 1. The number of anilines is 1. The van der Waals surface area contributed by atoms with Crippen LogP contribution in [0.5, 0.6) is 0 Å². The van der Waals surface area contributed by atoms with Crippen LogP contribution in [-0.2, 0) is 19.1 Å². The maximum atomic E-state index is 14.3. The Kier molecular flexibility index (Phi) is 8.77. The van der Waals surface area contributed by atoms with Crippen LogP contribution in [0.3, 0.4) is 0 Å². The Balaban J connectivity index is 1.37. The molecule has 14 heteroatoms. The maximum absolute atomic E-state index is 14.3. The zero-order chi connectivity index (χ0) is 33.8. The molecule has 3 aromatic heterocycles.